The molecule has 0 spiro atoms. The summed E-state index contributed by atoms with van der Waals surface area (Å²) in [4.78, 5) is 15.3. The maximum atomic E-state index is 11.3. The molecule has 18 heavy (non-hydrogen) atoms. The summed E-state index contributed by atoms with van der Waals surface area (Å²) in [5.41, 5.74) is 0.352. The van der Waals surface area contributed by atoms with Gasteiger partial charge in [0, 0.05) is 0 Å². The van der Waals surface area contributed by atoms with E-state index in [9.17, 15) is 9.90 Å². The van der Waals surface area contributed by atoms with Crippen LogP contribution in [-0.4, -0.2) is 16.1 Å². The first-order valence-electron chi connectivity index (χ1n) is 5.67. The lowest BCUT2D eigenvalue weighted by molar-refractivity contribution is 0.0694. The van der Waals surface area contributed by atoms with Crippen molar-refractivity contribution in [2.75, 3.05) is 0 Å². The zero-order chi connectivity index (χ0) is 13.9. The van der Waals surface area contributed by atoms with Gasteiger partial charge < -0.3 is 5.11 Å². The maximum absolute atomic E-state index is 11.3. The lowest BCUT2D eigenvalue weighted by atomic mass is 9.96. The van der Waals surface area contributed by atoms with Crippen molar-refractivity contribution in [2.45, 2.75) is 39.0 Å². The topological polar surface area (TPSA) is 50.2 Å². The van der Waals surface area contributed by atoms with E-state index in [1.807, 2.05) is 6.92 Å². The lowest BCUT2D eigenvalue weighted by Gasteiger charge is -2.15. The molecule has 100 valence electrons. The van der Waals surface area contributed by atoms with Crippen LogP contribution in [0.25, 0.3) is 0 Å². The van der Waals surface area contributed by atoms with Gasteiger partial charge in [-0.15, -0.1) is 0 Å². The number of rotatable bonds is 5. The Kier molecular flexibility index (Phi) is 5.70. The van der Waals surface area contributed by atoms with Crippen LogP contribution in [0.15, 0.2) is 0 Å². The van der Waals surface area contributed by atoms with Crippen LogP contribution in [0.4, 0.5) is 0 Å². The molecule has 1 rings (SSSR count). The molecule has 0 saturated heterocycles. The molecule has 0 fully saturated rings. The fourth-order valence-corrected chi connectivity index (χ4v) is 2.37. The smallest absolute Gasteiger partial charge is 0.339 e. The van der Waals surface area contributed by atoms with Crippen molar-refractivity contribution in [1.29, 1.82) is 0 Å². The zero-order valence-electron chi connectivity index (χ0n) is 10.1. The van der Waals surface area contributed by atoms with Gasteiger partial charge in [0.05, 0.1) is 15.7 Å². The van der Waals surface area contributed by atoms with Crippen LogP contribution in [0.1, 0.15) is 55.1 Å². The van der Waals surface area contributed by atoms with Crippen LogP contribution in [0, 0.1) is 0 Å². The Morgan fingerprint density at radius 2 is 1.94 bits per heavy atom. The average molecular weight is 311 g/mol. The second kappa shape index (κ2) is 6.60. The first-order chi connectivity index (χ1) is 8.40. The van der Waals surface area contributed by atoms with Gasteiger partial charge in [0.15, 0.2) is 0 Å². The number of carbonyl (C=O) groups is 1. The first-order valence-corrected chi connectivity index (χ1v) is 6.81. The third-order valence-corrected chi connectivity index (χ3v) is 3.95. The van der Waals surface area contributed by atoms with Crippen LogP contribution < -0.4 is 0 Å². The zero-order valence-corrected chi connectivity index (χ0v) is 12.4. The summed E-state index contributed by atoms with van der Waals surface area (Å²) < 4.78 is 0. The summed E-state index contributed by atoms with van der Waals surface area (Å²) in [6.45, 7) is 3.98. The highest BCUT2D eigenvalue weighted by Gasteiger charge is 2.24. The van der Waals surface area contributed by atoms with Gasteiger partial charge in [-0.05, 0) is 12.3 Å². The van der Waals surface area contributed by atoms with Crippen LogP contribution in [0.2, 0.25) is 15.2 Å². The average Bonchev–Trinajstić information content (AvgIpc) is 2.31. The Bertz CT molecular complexity index is 463. The molecule has 0 aliphatic rings. The van der Waals surface area contributed by atoms with Crippen LogP contribution in [0.3, 0.4) is 0 Å². The minimum Gasteiger partial charge on any atom is -0.478 e. The molecule has 1 heterocycles. The summed E-state index contributed by atoms with van der Waals surface area (Å²) in [6.07, 6.45) is 2.85. The molecule has 1 atom stereocenters. The van der Waals surface area contributed by atoms with E-state index in [1.54, 1.807) is 0 Å². The quantitative estimate of drug-likeness (QED) is 0.776. The minimum atomic E-state index is -1.13. The van der Waals surface area contributed by atoms with Crippen molar-refractivity contribution in [2.24, 2.45) is 0 Å². The van der Waals surface area contributed by atoms with E-state index in [4.69, 9.17) is 34.8 Å². The molecule has 0 aliphatic carbocycles. The van der Waals surface area contributed by atoms with Gasteiger partial charge >= 0.3 is 5.97 Å². The summed E-state index contributed by atoms with van der Waals surface area (Å²) >= 11 is 17.6. The van der Waals surface area contributed by atoms with E-state index in [0.717, 1.165) is 19.3 Å². The number of halogens is 3. The number of unbranched alkanes of at least 4 members (excludes halogenated alkanes) is 1. The Labute approximate surface area is 121 Å². The van der Waals surface area contributed by atoms with E-state index < -0.39 is 5.97 Å². The van der Waals surface area contributed by atoms with Gasteiger partial charge in [0.1, 0.15) is 10.7 Å². The van der Waals surface area contributed by atoms with Gasteiger partial charge in [-0.25, -0.2) is 9.78 Å². The van der Waals surface area contributed by atoms with Gasteiger partial charge in [-0.1, -0.05) is 61.5 Å². The third kappa shape index (κ3) is 3.28. The number of carboxylic acids is 1. The van der Waals surface area contributed by atoms with Crippen LogP contribution in [-0.2, 0) is 0 Å². The number of hydrogen-bond acceptors (Lipinski definition) is 2. The highest BCUT2D eigenvalue weighted by molar-refractivity contribution is 6.48. The molecule has 0 bridgehead atoms. The summed E-state index contributed by atoms with van der Waals surface area (Å²) in [5, 5.41) is 9.21. The van der Waals surface area contributed by atoms with Crippen molar-refractivity contribution in [3.8, 4) is 0 Å². The molecule has 0 amide bonds. The SMILES string of the molecule is CCCCC(C)c1nc(Cl)c(Cl)c(Cl)c1C(=O)O. The predicted molar refractivity (Wildman–Crippen MR) is 74.2 cm³/mol. The summed E-state index contributed by atoms with van der Waals surface area (Å²) in [6, 6.07) is 0. The molecular formula is C12H14Cl3NO2. The highest BCUT2D eigenvalue weighted by atomic mass is 35.5. The van der Waals surface area contributed by atoms with E-state index in [2.05, 4.69) is 11.9 Å². The molecule has 1 unspecified atom stereocenters. The van der Waals surface area contributed by atoms with E-state index >= 15 is 0 Å². The molecule has 1 aromatic rings. The largest absolute Gasteiger partial charge is 0.478 e. The molecule has 0 aromatic carbocycles. The second-order valence-electron chi connectivity index (χ2n) is 4.14. The summed E-state index contributed by atoms with van der Waals surface area (Å²) in [5.74, 6) is -1.16. The van der Waals surface area contributed by atoms with E-state index in [1.165, 1.54) is 0 Å². The van der Waals surface area contributed by atoms with Gasteiger partial charge in [0.2, 0.25) is 0 Å². The Morgan fingerprint density at radius 3 is 2.44 bits per heavy atom. The highest BCUT2D eigenvalue weighted by Crippen LogP contribution is 2.36. The van der Waals surface area contributed by atoms with Crippen LogP contribution >= 0.6 is 34.8 Å². The van der Waals surface area contributed by atoms with Crippen LogP contribution in [0.5, 0.6) is 0 Å². The molecule has 0 saturated carbocycles. The third-order valence-electron chi connectivity index (χ3n) is 2.74. The molecule has 0 radical (unpaired) electrons. The number of nitrogens with zero attached hydrogens (tertiary/aromatic N) is 1. The fraction of sp³-hybridized carbons (Fsp3) is 0.500. The standard InChI is InChI=1S/C12H14Cl3NO2/c1-3-4-5-6(2)10-7(12(17)18)8(13)9(14)11(15)16-10/h6H,3-5H2,1-2H3,(H,17,18). The van der Waals surface area contributed by atoms with Crippen molar-refractivity contribution >= 4 is 40.8 Å². The van der Waals surface area contributed by atoms with E-state index in [0.29, 0.717) is 5.69 Å². The Balaban J connectivity index is 3.29. The number of aromatic carboxylic acids is 1. The fourth-order valence-electron chi connectivity index (χ4n) is 1.73. The monoisotopic (exact) mass is 309 g/mol. The summed E-state index contributed by atoms with van der Waals surface area (Å²) in [7, 11) is 0. The van der Waals surface area contributed by atoms with E-state index in [-0.39, 0.29) is 26.7 Å². The van der Waals surface area contributed by atoms with Crippen molar-refractivity contribution < 1.29 is 9.90 Å². The number of pyridine rings is 1. The first kappa shape index (κ1) is 15.5. The van der Waals surface area contributed by atoms with Crippen molar-refractivity contribution in [3.63, 3.8) is 0 Å². The normalized spacial score (nSPS) is 12.5. The number of aromatic nitrogens is 1. The lowest BCUT2D eigenvalue weighted by Crippen LogP contribution is -2.10. The Hall–Kier alpha value is -0.510. The molecule has 1 N–H and O–H groups in total. The number of hydrogen-bond donors (Lipinski definition) is 1. The second-order valence-corrected chi connectivity index (χ2v) is 5.25. The van der Waals surface area contributed by atoms with Gasteiger partial charge in [-0.2, -0.15) is 0 Å². The van der Waals surface area contributed by atoms with Crippen molar-refractivity contribution in [3.05, 3.63) is 26.5 Å². The minimum absolute atomic E-state index is 0.0119. The molecule has 1 aromatic heterocycles. The maximum Gasteiger partial charge on any atom is 0.339 e. The van der Waals surface area contributed by atoms with Gasteiger partial charge in [0.25, 0.3) is 0 Å². The van der Waals surface area contributed by atoms with Gasteiger partial charge in [-0.3, -0.25) is 0 Å². The molecule has 6 heteroatoms. The molecule has 0 aliphatic heterocycles. The molecular weight excluding hydrogens is 296 g/mol. The van der Waals surface area contributed by atoms with Crippen molar-refractivity contribution in [1.82, 2.24) is 4.98 Å². The predicted octanol–water partition coefficient (Wildman–Crippen LogP) is 5.03. The molecule has 3 nitrogen and oxygen atoms in total. The Morgan fingerprint density at radius 1 is 1.33 bits per heavy atom. The number of carboxylic acid groups (broad SMARTS) is 1.